The molecule has 0 amide bonds. The molecule has 0 aromatic carbocycles. The zero-order valence-electron chi connectivity index (χ0n) is 11.4. The molecule has 0 heterocycles. The van der Waals surface area contributed by atoms with Gasteiger partial charge in [0.25, 0.3) is 0 Å². The lowest BCUT2D eigenvalue weighted by Gasteiger charge is -2.18. The predicted octanol–water partition coefficient (Wildman–Crippen LogP) is 4.04. The first kappa shape index (κ1) is 16.4. The Morgan fingerprint density at radius 3 is 1.29 bits per heavy atom. The number of rotatable bonds is 6. The highest BCUT2D eigenvalue weighted by atomic mass is 15.1. The van der Waals surface area contributed by atoms with Crippen LogP contribution in [0.3, 0.4) is 0 Å². The molecule has 0 radical (unpaired) electrons. The van der Waals surface area contributed by atoms with Gasteiger partial charge < -0.3 is 4.90 Å². The van der Waals surface area contributed by atoms with Crippen molar-refractivity contribution in [1.29, 1.82) is 0 Å². The van der Waals surface area contributed by atoms with E-state index in [0.717, 1.165) is 11.8 Å². The average molecular weight is 201 g/mol. The summed E-state index contributed by atoms with van der Waals surface area (Å²) in [5.74, 6) is 1.68. The van der Waals surface area contributed by atoms with Crippen LogP contribution in [0.15, 0.2) is 0 Å². The average Bonchev–Trinajstić information content (AvgIpc) is 2.14. The molecule has 0 N–H and O–H groups in total. The molecule has 0 aliphatic carbocycles. The summed E-state index contributed by atoms with van der Waals surface area (Å²) in [5, 5.41) is 0. The summed E-state index contributed by atoms with van der Waals surface area (Å²) in [4.78, 5) is 2.44. The summed E-state index contributed by atoms with van der Waals surface area (Å²) in [5.41, 5.74) is 0. The van der Waals surface area contributed by atoms with Crippen molar-refractivity contribution >= 4 is 0 Å². The van der Waals surface area contributed by atoms with Crippen LogP contribution in [0.2, 0.25) is 0 Å². The third-order valence-electron chi connectivity index (χ3n) is 2.18. The molecule has 0 fully saturated rings. The number of hydrogen-bond donors (Lipinski definition) is 0. The van der Waals surface area contributed by atoms with Gasteiger partial charge in [0, 0.05) is 0 Å². The van der Waals surface area contributed by atoms with Crippen molar-refractivity contribution < 1.29 is 0 Å². The van der Waals surface area contributed by atoms with E-state index < -0.39 is 0 Å². The highest BCUT2D eigenvalue weighted by Crippen LogP contribution is 2.04. The Hall–Kier alpha value is -0.0400. The number of hydrogen-bond acceptors (Lipinski definition) is 1. The van der Waals surface area contributed by atoms with Crippen LogP contribution in [0.25, 0.3) is 0 Å². The third kappa shape index (κ3) is 14.5. The molecule has 88 valence electrons. The van der Waals surface area contributed by atoms with Gasteiger partial charge in [-0.25, -0.2) is 0 Å². The third-order valence-corrected chi connectivity index (χ3v) is 2.18. The molecule has 0 aromatic heterocycles. The normalized spacial score (nSPS) is 10.7. The lowest BCUT2D eigenvalue weighted by molar-refractivity contribution is 0.292. The SMILES string of the molecule is CC.CC(C)CCN(C)CCC(C)C. The minimum Gasteiger partial charge on any atom is -0.306 e. The standard InChI is InChI=1S/C11H25N.C2H6/c1-10(2)6-8-12(5)9-7-11(3)4;1-2/h10-11H,6-9H2,1-5H3;1-2H3. The molecule has 1 nitrogen and oxygen atoms in total. The second-order valence-electron chi connectivity index (χ2n) is 4.67. The molecule has 0 bridgehead atoms. The fraction of sp³-hybridized carbons (Fsp3) is 1.00. The summed E-state index contributed by atoms with van der Waals surface area (Å²) in [6.07, 6.45) is 2.66. The highest BCUT2D eigenvalue weighted by molar-refractivity contribution is 4.55. The van der Waals surface area contributed by atoms with Crippen LogP contribution in [0.1, 0.15) is 54.4 Å². The second kappa shape index (κ2) is 11.0. The Morgan fingerprint density at radius 1 is 0.786 bits per heavy atom. The zero-order chi connectivity index (χ0) is 11.6. The van der Waals surface area contributed by atoms with Crippen molar-refractivity contribution in [2.24, 2.45) is 11.8 Å². The van der Waals surface area contributed by atoms with Crippen LogP contribution in [0.4, 0.5) is 0 Å². The summed E-state index contributed by atoms with van der Waals surface area (Å²) >= 11 is 0. The van der Waals surface area contributed by atoms with E-state index in [-0.39, 0.29) is 0 Å². The van der Waals surface area contributed by atoms with Crippen LogP contribution in [-0.4, -0.2) is 25.0 Å². The lowest BCUT2D eigenvalue weighted by atomic mass is 10.1. The van der Waals surface area contributed by atoms with Crippen LogP contribution in [0.5, 0.6) is 0 Å². The molecule has 0 rings (SSSR count). The van der Waals surface area contributed by atoms with Crippen molar-refractivity contribution in [3.8, 4) is 0 Å². The van der Waals surface area contributed by atoms with Gasteiger partial charge >= 0.3 is 0 Å². The van der Waals surface area contributed by atoms with Gasteiger partial charge in [-0.05, 0) is 44.8 Å². The maximum absolute atomic E-state index is 2.44. The molecule has 0 aliphatic heterocycles. The van der Waals surface area contributed by atoms with Gasteiger partial charge in [-0.1, -0.05) is 41.5 Å². The summed E-state index contributed by atoms with van der Waals surface area (Å²) in [6.45, 7) is 15.7. The van der Waals surface area contributed by atoms with E-state index in [0.29, 0.717) is 0 Å². The fourth-order valence-corrected chi connectivity index (χ4v) is 1.07. The van der Waals surface area contributed by atoms with E-state index >= 15 is 0 Å². The monoisotopic (exact) mass is 201 g/mol. The molecular weight excluding hydrogens is 170 g/mol. The molecule has 0 saturated heterocycles. The van der Waals surface area contributed by atoms with Crippen molar-refractivity contribution in [3.05, 3.63) is 0 Å². The van der Waals surface area contributed by atoms with Crippen LogP contribution >= 0.6 is 0 Å². The Bertz CT molecular complexity index is 85.4. The zero-order valence-corrected chi connectivity index (χ0v) is 11.4. The van der Waals surface area contributed by atoms with Gasteiger partial charge in [-0.3, -0.25) is 0 Å². The minimum atomic E-state index is 0.839. The van der Waals surface area contributed by atoms with Gasteiger partial charge in [0.2, 0.25) is 0 Å². The first-order chi connectivity index (χ1) is 6.52. The smallest absolute Gasteiger partial charge is 0.00193 e. The van der Waals surface area contributed by atoms with Crippen LogP contribution in [-0.2, 0) is 0 Å². The van der Waals surface area contributed by atoms with Crippen molar-refractivity contribution in [2.75, 3.05) is 20.1 Å². The van der Waals surface area contributed by atoms with Crippen LogP contribution < -0.4 is 0 Å². The van der Waals surface area contributed by atoms with Crippen molar-refractivity contribution in [3.63, 3.8) is 0 Å². The first-order valence-electron chi connectivity index (χ1n) is 6.21. The molecule has 1 heteroatoms. The van der Waals surface area contributed by atoms with E-state index in [1.807, 2.05) is 13.8 Å². The molecular formula is C13H31N. The van der Waals surface area contributed by atoms with Crippen LogP contribution in [0, 0.1) is 11.8 Å². The van der Waals surface area contributed by atoms with E-state index in [4.69, 9.17) is 0 Å². The molecule has 0 spiro atoms. The van der Waals surface area contributed by atoms with E-state index in [9.17, 15) is 0 Å². The van der Waals surface area contributed by atoms with Gasteiger partial charge in [0.05, 0.1) is 0 Å². The Balaban J connectivity index is 0. The Labute approximate surface area is 91.9 Å². The van der Waals surface area contributed by atoms with Gasteiger partial charge in [-0.2, -0.15) is 0 Å². The van der Waals surface area contributed by atoms with Crippen molar-refractivity contribution in [2.45, 2.75) is 54.4 Å². The summed E-state index contributed by atoms with van der Waals surface area (Å²) in [6, 6.07) is 0. The second-order valence-corrected chi connectivity index (χ2v) is 4.67. The van der Waals surface area contributed by atoms with E-state index in [1.165, 1.54) is 25.9 Å². The van der Waals surface area contributed by atoms with E-state index in [1.54, 1.807) is 0 Å². The molecule has 14 heavy (non-hydrogen) atoms. The van der Waals surface area contributed by atoms with E-state index in [2.05, 4.69) is 39.6 Å². The molecule has 0 saturated carbocycles. The fourth-order valence-electron chi connectivity index (χ4n) is 1.07. The summed E-state index contributed by atoms with van der Waals surface area (Å²) in [7, 11) is 2.23. The molecule has 0 atom stereocenters. The summed E-state index contributed by atoms with van der Waals surface area (Å²) < 4.78 is 0. The highest BCUT2D eigenvalue weighted by Gasteiger charge is 2.01. The Kier molecular flexibility index (Phi) is 12.9. The minimum absolute atomic E-state index is 0.839. The topological polar surface area (TPSA) is 3.24 Å². The van der Waals surface area contributed by atoms with Gasteiger partial charge in [0.15, 0.2) is 0 Å². The quantitative estimate of drug-likeness (QED) is 0.627. The maximum atomic E-state index is 2.44. The van der Waals surface area contributed by atoms with Gasteiger partial charge in [0.1, 0.15) is 0 Å². The lowest BCUT2D eigenvalue weighted by Crippen LogP contribution is -2.23. The maximum Gasteiger partial charge on any atom is -0.00193 e. The molecule has 0 aromatic rings. The van der Waals surface area contributed by atoms with Crippen molar-refractivity contribution in [1.82, 2.24) is 4.90 Å². The Morgan fingerprint density at radius 2 is 1.07 bits per heavy atom. The molecule has 0 aliphatic rings. The predicted molar refractivity (Wildman–Crippen MR) is 67.8 cm³/mol. The molecule has 0 unspecified atom stereocenters. The van der Waals surface area contributed by atoms with Gasteiger partial charge in [-0.15, -0.1) is 0 Å². The largest absolute Gasteiger partial charge is 0.306 e. The number of nitrogens with zero attached hydrogens (tertiary/aromatic N) is 1. The first-order valence-corrected chi connectivity index (χ1v) is 6.21.